The van der Waals surface area contributed by atoms with Crippen molar-refractivity contribution < 1.29 is 18.3 Å². The highest BCUT2D eigenvalue weighted by molar-refractivity contribution is 7.90. The van der Waals surface area contributed by atoms with E-state index in [1.807, 2.05) is 0 Å². The lowest BCUT2D eigenvalue weighted by molar-refractivity contribution is 0.0697. The molecule has 0 amide bonds. The minimum atomic E-state index is -3.66. The van der Waals surface area contributed by atoms with E-state index in [0.717, 1.165) is 25.7 Å². The number of nitrogens with zero attached hydrogens (tertiary/aromatic N) is 1. The van der Waals surface area contributed by atoms with E-state index in [4.69, 9.17) is 10.8 Å². The third-order valence-electron chi connectivity index (χ3n) is 3.44. The van der Waals surface area contributed by atoms with Gasteiger partial charge in [0, 0.05) is 13.1 Å². The van der Waals surface area contributed by atoms with Crippen LogP contribution in [0.5, 0.6) is 0 Å². The SMILES string of the molecule is Nc1cc(C(=O)O)ccc1NS(=O)(=O)N1CCCCCC1. The molecule has 4 N–H and O–H groups in total. The summed E-state index contributed by atoms with van der Waals surface area (Å²) in [6.07, 6.45) is 3.74. The molecule has 1 heterocycles. The van der Waals surface area contributed by atoms with Gasteiger partial charge in [0.05, 0.1) is 16.9 Å². The number of aromatic carboxylic acids is 1. The second-order valence-electron chi connectivity index (χ2n) is 5.03. The van der Waals surface area contributed by atoms with E-state index in [-0.39, 0.29) is 16.9 Å². The average molecular weight is 313 g/mol. The molecule has 7 nitrogen and oxygen atoms in total. The number of nitrogens with one attached hydrogen (secondary N) is 1. The Morgan fingerprint density at radius 1 is 1.19 bits per heavy atom. The quantitative estimate of drug-likeness (QED) is 0.729. The molecule has 1 aliphatic rings. The molecular formula is C13H19N3O4S. The summed E-state index contributed by atoms with van der Waals surface area (Å²) in [5.41, 5.74) is 6.03. The predicted molar refractivity (Wildman–Crippen MR) is 80.4 cm³/mol. The summed E-state index contributed by atoms with van der Waals surface area (Å²) in [5, 5.41) is 8.87. The smallest absolute Gasteiger partial charge is 0.335 e. The van der Waals surface area contributed by atoms with Gasteiger partial charge in [0.1, 0.15) is 0 Å². The molecule has 8 heteroatoms. The van der Waals surface area contributed by atoms with Crippen LogP contribution in [0.15, 0.2) is 18.2 Å². The van der Waals surface area contributed by atoms with Crippen molar-refractivity contribution in [3.05, 3.63) is 23.8 Å². The zero-order valence-corrected chi connectivity index (χ0v) is 12.4. The second kappa shape index (κ2) is 6.31. The van der Waals surface area contributed by atoms with Crippen LogP contribution >= 0.6 is 0 Å². The molecule has 0 radical (unpaired) electrons. The number of nitrogen functional groups attached to an aromatic ring is 1. The van der Waals surface area contributed by atoms with Crippen LogP contribution in [0.1, 0.15) is 36.0 Å². The van der Waals surface area contributed by atoms with Crippen molar-refractivity contribution in [1.82, 2.24) is 4.31 Å². The molecule has 0 aliphatic carbocycles. The first-order valence-electron chi connectivity index (χ1n) is 6.81. The van der Waals surface area contributed by atoms with E-state index < -0.39 is 16.2 Å². The first kappa shape index (κ1) is 15.6. The van der Waals surface area contributed by atoms with Crippen molar-refractivity contribution in [3.8, 4) is 0 Å². The molecule has 21 heavy (non-hydrogen) atoms. The highest BCUT2D eigenvalue weighted by atomic mass is 32.2. The molecule has 1 saturated heterocycles. The molecule has 0 spiro atoms. The Kier molecular flexibility index (Phi) is 4.69. The number of rotatable bonds is 4. The van der Waals surface area contributed by atoms with Gasteiger partial charge in [-0.2, -0.15) is 12.7 Å². The van der Waals surface area contributed by atoms with Gasteiger partial charge in [-0.25, -0.2) is 4.79 Å². The van der Waals surface area contributed by atoms with Gasteiger partial charge in [0.25, 0.3) is 0 Å². The summed E-state index contributed by atoms with van der Waals surface area (Å²) in [6, 6.07) is 3.93. The van der Waals surface area contributed by atoms with Gasteiger partial charge in [-0.05, 0) is 31.0 Å². The molecule has 1 aromatic carbocycles. The summed E-state index contributed by atoms with van der Waals surface area (Å²) >= 11 is 0. The normalized spacial score (nSPS) is 17.1. The fourth-order valence-corrected chi connectivity index (χ4v) is 3.61. The molecule has 0 unspecified atom stereocenters. The zero-order chi connectivity index (χ0) is 15.5. The molecule has 0 saturated carbocycles. The fourth-order valence-electron chi connectivity index (χ4n) is 2.27. The van der Waals surface area contributed by atoms with E-state index >= 15 is 0 Å². The standard InChI is InChI=1S/C13H19N3O4S/c14-11-9-10(13(17)18)5-6-12(11)15-21(19,20)16-7-3-1-2-4-8-16/h5-6,9,15H,1-4,7-8,14H2,(H,17,18). The van der Waals surface area contributed by atoms with Gasteiger partial charge in [-0.3, -0.25) is 4.72 Å². The Hall–Kier alpha value is -1.80. The number of benzene rings is 1. The Bertz CT molecular complexity index is 622. The van der Waals surface area contributed by atoms with Crippen molar-refractivity contribution in [2.24, 2.45) is 0 Å². The Labute approximate surface area is 123 Å². The van der Waals surface area contributed by atoms with Gasteiger partial charge in [0.2, 0.25) is 0 Å². The maximum absolute atomic E-state index is 12.3. The topological polar surface area (TPSA) is 113 Å². The lowest BCUT2D eigenvalue weighted by atomic mass is 10.2. The van der Waals surface area contributed by atoms with Crippen molar-refractivity contribution in [3.63, 3.8) is 0 Å². The molecule has 0 bridgehead atoms. The molecule has 116 valence electrons. The van der Waals surface area contributed by atoms with Crippen molar-refractivity contribution in [2.45, 2.75) is 25.7 Å². The van der Waals surface area contributed by atoms with E-state index in [9.17, 15) is 13.2 Å². The highest BCUT2D eigenvalue weighted by Gasteiger charge is 2.23. The fraction of sp³-hybridized carbons (Fsp3) is 0.462. The maximum Gasteiger partial charge on any atom is 0.335 e. The predicted octanol–water partition coefficient (Wildman–Crippen LogP) is 1.50. The van der Waals surface area contributed by atoms with Gasteiger partial charge >= 0.3 is 16.2 Å². The number of hydrogen-bond acceptors (Lipinski definition) is 4. The Balaban J connectivity index is 2.18. The van der Waals surface area contributed by atoms with Gasteiger partial charge in [-0.1, -0.05) is 12.8 Å². The molecule has 1 aliphatic heterocycles. The third kappa shape index (κ3) is 3.85. The number of carboxylic acid groups (broad SMARTS) is 1. The Morgan fingerprint density at radius 3 is 2.33 bits per heavy atom. The monoisotopic (exact) mass is 313 g/mol. The number of carbonyl (C=O) groups is 1. The number of anilines is 2. The molecule has 2 rings (SSSR count). The molecular weight excluding hydrogens is 294 g/mol. The van der Waals surface area contributed by atoms with Crippen molar-refractivity contribution in [2.75, 3.05) is 23.5 Å². The lowest BCUT2D eigenvalue weighted by Gasteiger charge is -2.21. The van der Waals surface area contributed by atoms with Crippen LogP contribution in [0.25, 0.3) is 0 Å². The van der Waals surface area contributed by atoms with Crippen LogP contribution in [-0.4, -0.2) is 36.9 Å². The third-order valence-corrected chi connectivity index (χ3v) is 4.97. The van der Waals surface area contributed by atoms with E-state index in [0.29, 0.717) is 13.1 Å². The summed E-state index contributed by atoms with van der Waals surface area (Å²) in [4.78, 5) is 10.8. The highest BCUT2D eigenvalue weighted by Crippen LogP contribution is 2.23. The van der Waals surface area contributed by atoms with Crippen LogP contribution < -0.4 is 10.5 Å². The molecule has 1 fully saturated rings. The minimum absolute atomic E-state index is 0.0187. The number of carboxylic acids is 1. The van der Waals surface area contributed by atoms with Crippen LogP contribution in [0.4, 0.5) is 11.4 Å². The molecule has 1 aromatic rings. The molecule has 0 aromatic heterocycles. The second-order valence-corrected chi connectivity index (χ2v) is 6.70. The minimum Gasteiger partial charge on any atom is -0.478 e. The number of hydrogen-bond donors (Lipinski definition) is 3. The van der Waals surface area contributed by atoms with Crippen LogP contribution in [0, 0.1) is 0 Å². The summed E-state index contributed by atoms with van der Waals surface area (Å²) in [7, 11) is -3.66. The largest absolute Gasteiger partial charge is 0.478 e. The van der Waals surface area contributed by atoms with Crippen LogP contribution in [0.2, 0.25) is 0 Å². The first-order chi connectivity index (χ1) is 9.90. The average Bonchev–Trinajstić information content (AvgIpc) is 2.70. The van der Waals surface area contributed by atoms with Crippen LogP contribution in [-0.2, 0) is 10.2 Å². The van der Waals surface area contributed by atoms with E-state index in [1.165, 1.54) is 22.5 Å². The van der Waals surface area contributed by atoms with Crippen LogP contribution in [0.3, 0.4) is 0 Å². The first-order valence-corrected chi connectivity index (χ1v) is 8.25. The van der Waals surface area contributed by atoms with Gasteiger partial charge in [0.15, 0.2) is 0 Å². The molecule has 0 atom stereocenters. The Morgan fingerprint density at radius 2 is 1.81 bits per heavy atom. The summed E-state index contributed by atoms with van der Waals surface area (Å²) in [5.74, 6) is -1.11. The van der Waals surface area contributed by atoms with E-state index in [1.54, 1.807) is 0 Å². The maximum atomic E-state index is 12.3. The lowest BCUT2D eigenvalue weighted by Crippen LogP contribution is -2.36. The summed E-state index contributed by atoms with van der Waals surface area (Å²) in [6.45, 7) is 0.977. The number of nitrogens with two attached hydrogens (primary N) is 1. The zero-order valence-electron chi connectivity index (χ0n) is 11.6. The van der Waals surface area contributed by atoms with Gasteiger partial charge < -0.3 is 10.8 Å². The van der Waals surface area contributed by atoms with Crippen molar-refractivity contribution >= 4 is 27.6 Å². The summed E-state index contributed by atoms with van der Waals surface area (Å²) < 4.78 is 28.5. The van der Waals surface area contributed by atoms with Gasteiger partial charge in [-0.15, -0.1) is 0 Å². The van der Waals surface area contributed by atoms with E-state index in [2.05, 4.69) is 4.72 Å². The van der Waals surface area contributed by atoms with Crippen molar-refractivity contribution in [1.29, 1.82) is 0 Å².